The van der Waals surface area contributed by atoms with Crippen LogP contribution in [0.4, 0.5) is 5.69 Å². The minimum Gasteiger partial charge on any atom is -0.385 e. The molecule has 0 aliphatic heterocycles. The fourth-order valence-corrected chi connectivity index (χ4v) is 3.65. The zero-order valence-electron chi connectivity index (χ0n) is 12.4. The molecule has 0 saturated heterocycles. The maximum atomic E-state index is 12.5. The molecule has 0 saturated carbocycles. The van der Waals surface area contributed by atoms with Gasteiger partial charge in [0.15, 0.2) is 0 Å². The van der Waals surface area contributed by atoms with Crippen molar-refractivity contribution in [2.75, 3.05) is 18.9 Å². The lowest BCUT2D eigenvalue weighted by molar-refractivity contribution is 0.0786. The Bertz CT molecular complexity index is 639. The van der Waals surface area contributed by atoms with Crippen molar-refractivity contribution < 1.29 is 4.79 Å². The molecule has 2 rings (SSSR count). The number of hydrogen-bond acceptors (Lipinski definition) is 3. The highest BCUT2D eigenvalue weighted by molar-refractivity contribution is 9.10. The fraction of sp³-hybridized carbons (Fsp3) is 0.312. The van der Waals surface area contributed by atoms with Crippen LogP contribution in [-0.2, 0) is 6.54 Å². The Kier molecular flexibility index (Phi) is 5.42. The molecule has 1 amide bonds. The molecule has 1 N–H and O–H groups in total. The third kappa shape index (κ3) is 4.08. The summed E-state index contributed by atoms with van der Waals surface area (Å²) in [4.78, 5) is 15.4. The monoisotopic (exact) mass is 366 g/mol. The number of amides is 1. The Morgan fingerprint density at radius 2 is 2.14 bits per heavy atom. The third-order valence-electron chi connectivity index (χ3n) is 3.20. The predicted octanol–water partition coefficient (Wildman–Crippen LogP) is 4.52. The maximum absolute atomic E-state index is 12.5. The summed E-state index contributed by atoms with van der Waals surface area (Å²) in [5, 5.41) is 5.32. The molecule has 21 heavy (non-hydrogen) atoms. The standard InChI is InChI=1S/C16H19BrN2OS/c1-4-18-15-6-5-12(7-11(15)2)16(20)19(3)9-14-8-13(17)10-21-14/h5-8,10,18H,4,9H2,1-3H3. The highest BCUT2D eigenvalue weighted by atomic mass is 79.9. The topological polar surface area (TPSA) is 32.3 Å². The lowest BCUT2D eigenvalue weighted by Gasteiger charge is -2.17. The highest BCUT2D eigenvalue weighted by Gasteiger charge is 2.14. The van der Waals surface area contributed by atoms with Crippen molar-refractivity contribution in [1.82, 2.24) is 4.90 Å². The normalized spacial score (nSPS) is 10.5. The van der Waals surface area contributed by atoms with Crippen LogP contribution in [0.3, 0.4) is 0 Å². The molecule has 1 heterocycles. The van der Waals surface area contributed by atoms with Crippen LogP contribution in [0.2, 0.25) is 0 Å². The molecule has 0 fully saturated rings. The summed E-state index contributed by atoms with van der Waals surface area (Å²) < 4.78 is 1.06. The second-order valence-electron chi connectivity index (χ2n) is 4.95. The molecule has 0 bridgehead atoms. The summed E-state index contributed by atoms with van der Waals surface area (Å²) in [7, 11) is 1.84. The van der Waals surface area contributed by atoms with Gasteiger partial charge in [-0.2, -0.15) is 0 Å². The van der Waals surface area contributed by atoms with E-state index in [1.54, 1.807) is 16.2 Å². The van der Waals surface area contributed by atoms with E-state index >= 15 is 0 Å². The number of anilines is 1. The van der Waals surface area contributed by atoms with Gasteiger partial charge in [0.1, 0.15) is 0 Å². The molecule has 0 radical (unpaired) electrons. The van der Waals surface area contributed by atoms with Crippen molar-refractivity contribution >= 4 is 38.9 Å². The van der Waals surface area contributed by atoms with E-state index in [0.29, 0.717) is 6.54 Å². The second-order valence-corrected chi connectivity index (χ2v) is 6.86. The molecule has 5 heteroatoms. The predicted molar refractivity (Wildman–Crippen MR) is 93.2 cm³/mol. The van der Waals surface area contributed by atoms with Gasteiger partial charge in [0.25, 0.3) is 5.91 Å². The first-order chi connectivity index (χ1) is 10.0. The van der Waals surface area contributed by atoms with Gasteiger partial charge < -0.3 is 10.2 Å². The molecular formula is C16H19BrN2OS. The summed E-state index contributed by atoms with van der Waals surface area (Å²) >= 11 is 5.09. The minimum absolute atomic E-state index is 0.0469. The first-order valence-electron chi connectivity index (χ1n) is 6.84. The molecule has 0 unspecified atom stereocenters. The first kappa shape index (κ1) is 16.0. The van der Waals surface area contributed by atoms with E-state index in [1.807, 2.05) is 43.6 Å². The average molecular weight is 367 g/mol. The van der Waals surface area contributed by atoms with Gasteiger partial charge in [0.2, 0.25) is 0 Å². The second kappa shape index (κ2) is 7.09. The lowest BCUT2D eigenvalue weighted by Crippen LogP contribution is -2.25. The van der Waals surface area contributed by atoms with Gasteiger partial charge in [-0.3, -0.25) is 4.79 Å². The van der Waals surface area contributed by atoms with Gasteiger partial charge in [-0.25, -0.2) is 0 Å². The molecular weight excluding hydrogens is 348 g/mol. The number of rotatable bonds is 5. The van der Waals surface area contributed by atoms with E-state index in [2.05, 4.69) is 28.2 Å². The summed E-state index contributed by atoms with van der Waals surface area (Å²) in [6.07, 6.45) is 0. The van der Waals surface area contributed by atoms with Crippen LogP contribution in [-0.4, -0.2) is 24.4 Å². The third-order valence-corrected chi connectivity index (χ3v) is 4.88. The van der Waals surface area contributed by atoms with Crippen LogP contribution in [0, 0.1) is 6.92 Å². The van der Waals surface area contributed by atoms with E-state index in [1.165, 1.54) is 4.88 Å². The lowest BCUT2D eigenvalue weighted by atomic mass is 10.1. The Morgan fingerprint density at radius 3 is 2.71 bits per heavy atom. The van der Waals surface area contributed by atoms with Crippen LogP contribution in [0.25, 0.3) is 0 Å². The largest absolute Gasteiger partial charge is 0.385 e. The van der Waals surface area contributed by atoms with E-state index < -0.39 is 0 Å². The van der Waals surface area contributed by atoms with Crippen molar-refractivity contribution in [3.05, 3.63) is 50.1 Å². The molecule has 0 spiro atoms. The highest BCUT2D eigenvalue weighted by Crippen LogP contribution is 2.22. The number of benzene rings is 1. The van der Waals surface area contributed by atoms with E-state index in [4.69, 9.17) is 0 Å². The summed E-state index contributed by atoms with van der Waals surface area (Å²) in [5.74, 6) is 0.0469. The van der Waals surface area contributed by atoms with E-state index in [-0.39, 0.29) is 5.91 Å². The van der Waals surface area contributed by atoms with Gasteiger partial charge in [0, 0.05) is 39.6 Å². The SMILES string of the molecule is CCNc1ccc(C(=O)N(C)Cc2cc(Br)cs2)cc1C. The number of aryl methyl sites for hydroxylation is 1. The Balaban J connectivity index is 2.10. The quantitative estimate of drug-likeness (QED) is 0.843. The summed E-state index contributed by atoms with van der Waals surface area (Å²) in [6.45, 7) is 5.58. The fourth-order valence-electron chi connectivity index (χ4n) is 2.15. The Hall–Kier alpha value is -1.33. The van der Waals surface area contributed by atoms with Crippen LogP contribution >= 0.6 is 27.3 Å². The molecule has 0 aliphatic rings. The van der Waals surface area contributed by atoms with Gasteiger partial charge >= 0.3 is 0 Å². The number of hydrogen-bond donors (Lipinski definition) is 1. The molecule has 1 aromatic heterocycles. The smallest absolute Gasteiger partial charge is 0.253 e. The van der Waals surface area contributed by atoms with Crippen molar-refractivity contribution in [3.63, 3.8) is 0 Å². The average Bonchev–Trinajstić information content (AvgIpc) is 2.85. The van der Waals surface area contributed by atoms with Crippen molar-refractivity contribution in [2.24, 2.45) is 0 Å². The molecule has 3 nitrogen and oxygen atoms in total. The molecule has 0 aliphatic carbocycles. The summed E-state index contributed by atoms with van der Waals surface area (Å²) in [5.41, 5.74) is 2.90. The summed E-state index contributed by atoms with van der Waals surface area (Å²) in [6, 6.07) is 7.85. The van der Waals surface area contributed by atoms with Crippen LogP contribution in [0.15, 0.2) is 34.1 Å². The molecule has 0 atom stereocenters. The number of carbonyl (C=O) groups is 1. The number of halogens is 1. The van der Waals surface area contributed by atoms with E-state index in [0.717, 1.165) is 27.8 Å². The number of nitrogens with zero attached hydrogens (tertiary/aromatic N) is 1. The van der Waals surface area contributed by atoms with Crippen LogP contribution < -0.4 is 5.32 Å². The Morgan fingerprint density at radius 1 is 1.38 bits per heavy atom. The number of carbonyl (C=O) groups excluding carboxylic acids is 1. The molecule has 112 valence electrons. The Labute approximate surface area is 138 Å². The van der Waals surface area contributed by atoms with Crippen molar-refractivity contribution in [1.29, 1.82) is 0 Å². The number of thiophene rings is 1. The van der Waals surface area contributed by atoms with Crippen LogP contribution in [0.5, 0.6) is 0 Å². The van der Waals surface area contributed by atoms with Gasteiger partial charge in [-0.05, 0) is 59.6 Å². The van der Waals surface area contributed by atoms with E-state index in [9.17, 15) is 4.79 Å². The van der Waals surface area contributed by atoms with Gasteiger partial charge in [-0.15, -0.1) is 11.3 Å². The zero-order chi connectivity index (χ0) is 15.4. The van der Waals surface area contributed by atoms with Crippen molar-refractivity contribution in [3.8, 4) is 0 Å². The molecule has 1 aromatic carbocycles. The van der Waals surface area contributed by atoms with Crippen molar-refractivity contribution in [2.45, 2.75) is 20.4 Å². The maximum Gasteiger partial charge on any atom is 0.253 e. The number of nitrogens with one attached hydrogen (secondary N) is 1. The minimum atomic E-state index is 0.0469. The van der Waals surface area contributed by atoms with Gasteiger partial charge in [0.05, 0.1) is 6.54 Å². The van der Waals surface area contributed by atoms with Gasteiger partial charge in [-0.1, -0.05) is 0 Å². The zero-order valence-corrected chi connectivity index (χ0v) is 14.8. The first-order valence-corrected chi connectivity index (χ1v) is 8.51. The molecule has 2 aromatic rings. The van der Waals surface area contributed by atoms with Crippen LogP contribution in [0.1, 0.15) is 27.7 Å².